The van der Waals surface area contributed by atoms with Gasteiger partial charge in [-0.2, -0.15) is 0 Å². The zero-order chi connectivity index (χ0) is 11.1. The van der Waals surface area contributed by atoms with Crippen LogP contribution >= 0.6 is 0 Å². The first-order chi connectivity index (χ1) is 6.52. The van der Waals surface area contributed by atoms with Crippen molar-refractivity contribution in [2.75, 3.05) is 14.2 Å². The third-order valence-corrected chi connectivity index (χ3v) is 1.64. The molecule has 0 aromatic rings. The van der Waals surface area contributed by atoms with Crippen molar-refractivity contribution in [1.29, 1.82) is 0 Å². The van der Waals surface area contributed by atoms with Crippen molar-refractivity contribution in [3.8, 4) is 0 Å². The van der Waals surface area contributed by atoms with E-state index in [0.717, 1.165) is 14.2 Å². The van der Waals surface area contributed by atoms with Crippen LogP contribution in [0.3, 0.4) is 0 Å². The Morgan fingerprint density at radius 1 is 1.07 bits per heavy atom. The van der Waals surface area contributed by atoms with Gasteiger partial charge in [0.05, 0.1) is 14.2 Å². The summed E-state index contributed by atoms with van der Waals surface area (Å²) in [5, 5.41) is 0. The van der Waals surface area contributed by atoms with Crippen LogP contribution in [0, 0.1) is 5.92 Å². The molecule has 14 heavy (non-hydrogen) atoms. The monoisotopic (exact) mass is 210 g/mol. The lowest BCUT2D eigenvalue weighted by Crippen LogP contribution is -2.27. The van der Waals surface area contributed by atoms with Gasteiger partial charge in [-0.1, -0.05) is 0 Å². The largest absolute Gasteiger partial charge is 0.468 e. The molecule has 0 unspecified atom stereocenters. The van der Waals surface area contributed by atoms with E-state index in [0.29, 0.717) is 0 Å². The van der Waals surface area contributed by atoms with Gasteiger partial charge in [0.15, 0.2) is 5.92 Å². The number of methoxy groups -OCH3 is 2. The highest BCUT2D eigenvalue weighted by atomic mass is 19.3. The second-order valence-electron chi connectivity index (χ2n) is 2.57. The molecule has 6 heteroatoms. The lowest BCUT2D eigenvalue weighted by molar-refractivity contribution is -0.159. The first kappa shape index (κ1) is 12.8. The molecular formula is C8H12F2O4. The van der Waals surface area contributed by atoms with Crippen LogP contribution in [-0.2, 0) is 19.1 Å². The fourth-order valence-electron chi connectivity index (χ4n) is 0.909. The lowest BCUT2D eigenvalue weighted by Gasteiger charge is -2.11. The van der Waals surface area contributed by atoms with Crippen LogP contribution in [0.25, 0.3) is 0 Å². The second kappa shape index (κ2) is 6.28. The van der Waals surface area contributed by atoms with Gasteiger partial charge >= 0.3 is 11.9 Å². The predicted molar refractivity (Wildman–Crippen MR) is 42.8 cm³/mol. The van der Waals surface area contributed by atoms with E-state index in [1.54, 1.807) is 0 Å². The van der Waals surface area contributed by atoms with Crippen LogP contribution in [0.5, 0.6) is 0 Å². The van der Waals surface area contributed by atoms with Gasteiger partial charge < -0.3 is 9.47 Å². The standard InChI is InChI=1S/C8H12F2O4/c1-13-7(11)5(8(12)14-2)3-4-6(9)10/h5-6H,3-4H2,1-2H3. The molecule has 82 valence electrons. The summed E-state index contributed by atoms with van der Waals surface area (Å²) in [6, 6.07) is 0. The smallest absolute Gasteiger partial charge is 0.320 e. The SMILES string of the molecule is COC(=O)C(CCC(F)F)C(=O)OC. The molecule has 0 saturated heterocycles. The first-order valence-corrected chi connectivity index (χ1v) is 3.96. The molecule has 0 spiro atoms. The number of esters is 2. The zero-order valence-electron chi connectivity index (χ0n) is 7.96. The fourth-order valence-corrected chi connectivity index (χ4v) is 0.909. The molecule has 0 fully saturated rings. The van der Waals surface area contributed by atoms with Gasteiger partial charge in [-0.25, -0.2) is 8.78 Å². The van der Waals surface area contributed by atoms with Crippen LogP contribution in [0.4, 0.5) is 8.78 Å². The number of hydrogen-bond donors (Lipinski definition) is 0. The Labute approximate surface area is 80.2 Å². The minimum atomic E-state index is -2.55. The highest BCUT2D eigenvalue weighted by molar-refractivity contribution is 5.94. The zero-order valence-corrected chi connectivity index (χ0v) is 7.96. The Bertz CT molecular complexity index is 190. The number of rotatable bonds is 5. The maximum atomic E-state index is 11.8. The summed E-state index contributed by atoms with van der Waals surface area (Å²) in [7, 11) is 2.17. The second-order valence-corrected chi connectivity index (χ2v) is 2.57. The number of hydrogen-bond acceptors (Lipinski definition) is 4. The average Bonchev–Trinajstić information content (AvgIpc) is 2.16. The molecule has 0 aliphatic heterocycles. The molecule has 0 amide bonds. The molecule has 0 aliphatic carbocycles. The van der Waals surface area contributed by atoms with E-state index in [2.05, 4.69) is 9.47 Å². The van der Waals surface area contributed by atoms with Crippen molar-refractivity contribution in [3.05, 3.63) is 0 Å². The van der Waals surface area contributed by atoms with Crippen molar-refractivity contribution in [1.82, 2.24) is 0 Å². The molecule has 0 radical (unpaired) electrons. The van der Waals surface area contributed by atoms with E-state index in [4.69, 9.17) is 0 Å². The summed E-state index contributed by atoms with van der Waals surface area (Å²) in [6.45, 7) is 0. The molecule has 0 N–H and O–H groups in total. The van der Waals surface area contributed by atoms with E-state index in [-0.39, 0.29) is 6.42 Å². The van der Waals surface area contributed by atoms with Gasteiger partial charge in [0, 0.05) is 6.42 Å². The first-order valence-electron chi connectivity index (χ1n) is 3.96. The third kappa shape index (κ3) is 4.15. The molecule has 0 heterocycles. The molecule has 0 aromatic carbocycles. The van der Waals surface area contributed by atoms with Gasteiger partial charge in [-0.05, 0) is 6.42 Å². The molecular weight excluding hydrogens is 198 g/mol. The Balaban J connectivity index is 4.25. The molecule has 0 aliphatic rings. The summed E-state index contributed by atoms with van der Waals surface area (Å²) in [5.74, 6) is -2.95. The number of ether oxygens (including phenoxy) is 2. The average molecular weight is 210 g/mol. The molecule has 0 aromatic heterocycles. The van der Waals surface area contributed by atoms with Crippen molar-refractivity contribution >= 4 is 11.9 Å². The third-order valence-electron chi connectivity index (χ3n) is 1.64. The van der Waals surface area contributed by atoms with Gasteiger partial charge in [-0.15, -0.1) is 0 Å². The minimum absolute atomic E-state index is 0.267. The van der Waals surface area contributed by atoms with Gasteiger partial charge in [0.1, 0.15) is 0 Å². The highest BCUT2D eigenvalue weighted by Gasteiger charge is 2.29. The highest BCUT2D eigenvalue weighted by Crippen LogP contribution is 2.14. The summed E-state index contributed by atoms with van der Waals surface area (Å²) in [6.07, 6.45) is -3.35. The summed E-state index contributed by atoms with van der Waals surface area (Å²) in [5.41, 5.74) is 0. The molecule has 0 bridgehead atoms. The molecule has 0 saturated carbocycles. The van der Waals surface area contributed by atoms with E-state index in [1.807, 2.05) is 0 Å². The van der Waals surface area contributed by atoms with E-state index in [9.17, 15) is 18.4 Å². The van der Waals surface area contributed by atoms with Crippen LogP contribution in [0.15, 0.2) is 0 Å². The van der Waals surface area contributed by atoms with E-state index >= 15 is 0 Å². The van der Waals surface area contributed by atoms with Gasteiger partial charge in [0.2, 0.25) is 6.43 Å². The van der Waals surface area contributed by atoms with Crippen molar-refractivity contribution in [2.24, 2.45) is 5.92 Å². The number of halogens is 2. The van der Waals surface area contributed by atoms with Crippen molar-refractivity contribution in [2.45, 2.75) is 19.3 Å². The minimum Gasteiger partial charge on any atom is -0.468 e. The number of carbonyl (C=O) groups is 2. The quantitative estimate of drug-likeness (QED) is 0.501. The summed E-state index contributed by atoms with van der Waals surface area (Å²) in [4.78, 5) is 21.9. The number of alkyl halides is 2. The Hall–Kier alpha value is -1.20. The van der Waals surface area contributed by atoms with Gasteiger partial charge in [0.25, 0.3) is 0 Å². The molecule has 0 rings (SSSR count). The lowest BCUT2D eigenvalue weighted by atomic mass is 10.0. The Morgan fingerprint density at radius 3 is 1.79 bits per heavy atom. The Kier molecular flexibility index (Phi) is 5.74. The number of carbonyl (C=O) groups excluding carboxylic acids is 2. The normalized spacial score (nSPS) is 10.4. The summed E-state index contributed by atoms with van der Waals surface area (Å²) >= 11 is 0. The molecule has 0 atom stereocenters. The van der Waals surface area contributed by atoms with E-state index in [1.165, 1.54) is 0 Å². The maximum Gasteiger partial charge on any atom is 0.320 e. The van der Waals surface area contributed by atoms with Crippen LogP contribution in [0.2, 0.25) is 0 Å². The van der Waals surface area contributed by atoms with Crippen LogP contribution in [0.1, 0.15) is 12.8 Å². The van der Waals surface area contributed by atoms with E-state index < -0.39 is 30.7 Å². The predicted octanol–water partition coefficient (Wildman–Crippen LogP) is 0.994. The topological polar surface area (TPSA) is 52.6 Å². The van der Waals surface area contributed by atoms with Crippen molar-refractivity contribution in [3.63, 3.8) is 0 Å². The Morgan fingerprint density at radius 2 is 1.50 bits per heavy atom. The summed E-state index contributed by atoms with van der Waals surface area (Å²) < 4.78 is 32.2. The van der Waals surface area contributed by atoms with Crippen molar-refractivity contribution < 1.29 is 27.8 Å². The fraction of sp³-hybridized carbons (Fsp3) is 0.750. The van der Waals surface area contributed by atoms with Crippen LogP contribution in [-0.4, -0.2) is 32.6 Å². The maximum absolute atomic E-state index is 11.8. The molecule has 4 nitrogen and oxygen atoms in total. The van der Waals surface area contributed by atoms with Crippen LogP contribution < -0.4 is 0 Å². The van der Waals surface area contributed by atoms with Gasteiger partial charge in [-0.3, -0.25) is 9.59 Å².